The molecule has 102 valence electrons. The van der Waals surface area contributed by atoms with Crippen LogP contribution in [0.4, 0.5) is 0 Å². The summed E-state index contributed by atoms with van der Waals surface area (Å²) in [6.45, 7) is 13.0. The van der Waals surface area contributed by atoms with Crippen molar-refractivity contribution in [2.45, 2.75) is 53.1 Å². The number of nitrogens with zero attached hydrogens (tertiary/aromatic N) is 1. The summed E-state index contributed by atoms with van der Waals surface area (Å²) in [7, 11) is 0. The predicted octanol–water partition coefficient (Wildman–Crippen LogP) is 2.33. The average Bonchev–Trinajstić information content (AvgIpc) is 2.61. The molecule has 1 saturated heterocycles. The smallest absolute Gasteiger partial charge is 0.138 e. The van der Waals surface area contributed by atoms with E-state index in [0.29, 0.717) is 12.1 Å². The summed E-state index contributed by atoms with van der Waals surface area (Å²) in [5.74, 6) is 0.930. The van der Waals surface area contributed by atoms with Crippen molar-refractivity contribution >= 4 is 0 Å². The molecule has 4 heteroatoms. The third-order valence-corrected chi connectivity index (χ3v) is 4.11. The molecular weight excluding hydrogens is 226 g/mol. The molecule has 1 aliphatic rings. The van der Waals surface area contributed by atoms with Gasteiger partial charge in [-0.15, -0.1) is 0 Å². The SMILES string of the molecule is Cc1noc(C)c1C(C)NC1CCNCC1(C)C. The summed E-state index contributed by atoms with van der Waals surface area (Å²) in [5.41, 5.74) is 2.49. The quantitative estimate of drug-likeness (QED) is 0.865. The standard InChI is InChI=1S/C14H25N3O/c1-9(13-10(2)17-18-11(13)3)16-12-6-7-15-8-14(12,4)5/h9,12,15-16H,6-8H2,1-5H3. The summed E-state index contributed by atoms with van der Waals surface area (Å²) < 4.78 is 5.26. The van der Waals surface area contributed by atoms with Gasteiger partial charge in [0.2, 0.25) is 0 Å². The molecule has 2 N–H and O–H groups in total. The van der Waals surface area contributed by atoms with Crippen LogP contribution in [0, 0.1) is 19.3 Å². The van der Waals surface area contributed by atoms with Crippen molar-refractivity contribution < 1.29 is 4.52 Å². The number of rotatable bonds is 3. The molecule has 0 saturated carbocycles. The third kappa shape index (κ3) is 2.59. The zero-order valence-corrected chi connectivity index (χ0v) is 12.1. The van der Waals surface area contributed by atoms with Gasteiger partial charge in [0.1, 0.15) is 5.76 Å². The number of aryl methyl sites for hydroxylation is 2. The highest BCUT2D eigenvalue weighted by Gasteiger charge is 2.33. The van der Waals surface area contributed by atoms with E-state index in [-0.39, 0.29) is 5.41 Å². The maximum atomic E-state index is 5.26. The van der Waals surface area contributed by atoms with Crippen LogP contribution in [0.2, 0.25) is 0 Å². The second kappa shape index (κ2) is 5.02. The fourth-order valence-corrected chi connectivity index (χ4v) is 2.97. The summed E-state index contributed by atoms with van der Waals surface area (Å²) >= 11 is 0. The first kappa shape index (κ1) is 13.6. The molecule has 1 aromatic heterocycles. The average molecular weight is 251 g/mol. The minimum absolute atomic E-state index is 0.283. The van der Waals surface area contributed by atoms with Gasteiger partial charge in [0.15, 0.2) is 0 Å². The summed E-state index contributed by atoms with van der Waals surface area (Å²) in [5, 5.41) is 11.3. The highest BCUT2D eigenvalue weighted by atomic mass is 16.5. The molecule has 1 aliphatic heterocycles. The Morgan fingerprint density at radius 3 is 2.72 bits per heavy atom. The monoisotopic (exact) mass is 251 g/mol. The van der Waals surface area contributed by atoms with Crippen LogP contribution in [0.1, 0.15) is 50.3 Å². The van der Waals surface area contributed by atoms with Crippen LogP contribution in [0.3, 0.4) is 0 Å². The second-order valence-corrected chi connectivity index (χ2v) is 6.13. The van der Waals surface area contributed by atoms with Gasteiger partial charge in [0, 0.05) is 24.2 Å². The maximum Gasteiger partial charge on any atom is 0.138 e. The Hall–Kier alpha value is -0.870. The lowest BCUT2D eigenvalue weighted by molar-refractivity contribution is 0.173. The van der Waals surface area contributed by atoms with E-state index >= 15 is 0 Å². The fraction of sp³-hybridized carbons (Fsp3) is 0.786. The molecule has 1 aromatic rings. The van der Waals surface area contributed by atoms with Gasteiger partial charge in [-0.25, -0.2) is 0 Å². The Morgan fingerprint density at radius 2 is 2.17 bits per heavy atom. The molecule has 0 aromatic carbocycles. The van der Waals surface area contributed by atoms with Crippen LogP contribution >= 0.6 is 0 Å². The van der Waals surface area contributed by atoms with Crippen LogP contribution in [0.5, 0.6) is 0 Å². The minimum Gasteiger partial charge on any atom is -0.361 e. The van der Waals surface area contributed by atoms with Gasteiger partial charge >= 0.3 is 0 Å². The lowest BCUT2D eigenvalue weighted by Crippen LogP contribution is -2.53. The Bertz CT molecular complexity index is 392. The zero-order chi connectivity index (χ0) is 13.3. The van der Waals surface area contributed by atoms with Crippen LogP contribution in [-0.4, -0.2) is 24.3 Å². The van der Waals surface area contributed by atoms with Crippen molar-refractivity contribution in [2.24, 2.45) is 5.41 Å². The number of piperidine rings is 1. The predicted molar refractivity (Wildman–Crippen MR) is 72.6 cm³/mol. The normalized spacial score (nSPS) is 25.1. The lowest BCUT2D eigenvalue weighted by Gasteiger charge is -2.41. The van der Waals surface area contributed by atoms with Crippen molar-refractivity contribution in [3.63, 3.8) is 0 Å². The first-order chi connectivity index (χ1) is 8.42. The number of aromatic nitrogens is 1. The van der Waals surface area contributed by atoms with Crippen LogP contribution < -0.4 is 10.6 Å². The van der Waals surface area contributed by atoms with E-state index in [9.17, 15) is 0 Å². The molecule has 4 nitrogen and oxygen atoms in total. The van der Waals surface area contributed by atoms with Crippen molar-refractivity contribution in [3.05, 3.63) is 17.0 Å². The molecule has 18 heavy (non-hydrogen) atoms. The summed E-state index contributed by atoms with van der Waals surface area (Å²) in [4.78, 5) is 0. The van der Waals surface area contributed by atoms with Gasteiger partial charge < -0.3 is 15.2 Å². The van der Waals surface area contributed by atoms with Gasteiger partial charge in [-0.05, 0) is 39.2 Å². The van der Waals surface area contributed by atoms with Gasteiger partial charge in [0.25, 0.3) is 0 Å². The maximum absolute atomic E-state index is 5.26. The largest absolute Gasteiger partial charge is 0.361 e. The van der Waals surface area contributed by atoms with E-state index in [4.69, 9.17) is 4.52 Å². The van der Waals surface area contributed by atoms with Gasteiger partial charge in [-0.1, -0.05) is 19.0 Å². The molecule has 0 spiro atoms. The van der Waals surface area contributed by atoms with E-state index in [1.54, 1.807) is 0 Å². The van der Waals surface area contributed by atoms with E-state index in [0.717, 1.165) is 24.5 Å². The van der Waals surface area contributed by atoms with Crippen LogP contribution in [0.15, 0.2) is 4.52 Å². The van der Waals surface area contributed by atoms with Gasteiger partial charge in [-0.2, -0.15) is 0 Å². The molecule has 0 amide bonds. The first-order valence-electron chi connectivity index (χ1n) is 6.81. The Labute approximate surface area is 110 Å². The third-order valence-electron chi connectivity index (χ3n) is 4.11. The minimum atomic E-state index is 0.283. The molecule has 0 aliphatic carbocycles. The van der Waals surface area contributed by atoms with Crippen LogP contribution in [0.25, 0.3) is 0 Å². The zero-order valence-electron chi connectivity index (χ0n) is 12.1. The van der Waals surface area contributed by atoms with Crippen molar-refractivity contribution in [1.29, 1.82) is 0 Å². The van der Waals surface area contributed by atoms with E-state index in [2.05, 4.69) is 36.6 Å². The topological polar surface area (TPSA) is 50.1 Å². The molecule has 2 rings (SSSR count). The highest BCUT2D eigenvalue weighted by Crippen LogP contribution is 2.29. The van der Waals surface area contributed by atoms with Gasteiger partial charge in [-0.3, -0.25) is 0 Å². The van der Waals surface area contributed by atoms with E-state index < -0.39 is 0 Å². The molecule has 2 heterocycles. The molecule has 2 atom stereocenters. The Balaban J connectivity index is 2.09. The number of hydrogen-bond donors (Lipinski definition) is 2. The van der Waals surface area contributed by atoms with E-state index in [1.807, 2.05) is 13.8 Å². The highest BCUT2D eigenvalue weighted by molar-refractivity contribution is 5.24. The molecule has 0 bridgehead atoms. The molecule has 1 fully saturated rings. The molecular formula is C14H25N3O. The first-order valence-corrected chi connectivity index (χ1v) is 6.81. The number of nitrogens with one attached hydrogen (secondary N) is 2. The summed E-state index contributed by atoms with van der Waals surface area (Å²) in [6.07, 6.45) is 1.17. The second-order valence-electron chi connectivity index (χ2n) is 6.13. The molecule has 2 unspecified atom stereocenters. The van der Waals surface area contributed by atoms with Crippen molar-refractivity contribution in [2.75, 3.05) is 13.1 Å². The van der Waals surface area contributed by atoms with E-state index in [1.165, 1.54) is 12.0 Å². The van der Waals surface area contributed by atoms with Crippen LogP contribution in [-0.2, 0) is 0 Å². The Kier molecular flexibility index (Phi) is 3.78. The fourth-order valence-electron chi connectivity index (χ4n) is 2.97. The Morgan fingerprint density at radius 1 is 1.44 bits per heavy atom. The molecule has 0 radical (unpaired) electrons. The number of hydrogen-bond acceptors (Lipinski definition) is 4. The van der Waals surface area contributed by atoms with Gasteiger partial charge in [0.05, 0.1) is 5.69 Å². The summed E-state index contributed by atoms with van der Waals surface area (Å²) in [6, 6.07) is 0.820. The van der Waals surface area contributed by atoms with Crippen molar-refractivity contribution in [1.82, 2.24) is 15.8 Å². The van der Waals surface area contributed by atoms with Crippen molar-refractivity contribution in [3.8, 4) is 0 Å². The lowest BCUT2D eigenvalue weighted by atomic mass is 9.79.